The molecule has 100 valence electrons. The van der Waals surface area contributed by atoms with Crippen LogP contribution in [0.25, 0.3) is 0 Å². The molecule has 19 heavy (non-hydrogen) atoms. The number of halogens is 2. The van der Waals surface area contributed by atoms with Crippen LogP contribution in [0.15, 0.2) is 34.8 Å². The zero-order valence-electron chi connectivity index (χ0n) is 10.6. The lowest BCUT2D eigenvalue weighted by Crippen LogP contribution is -2.00. The summed E-state index contributed by atoms with van der Waals surface area (Å²) in [6, 6.07) is 8.56. The second-order valence-electron chi connectivity index (χ2n) is 4.16. The van der Waals surface area contributed by atoms with Gasteiger partial charge < -0.3 is 15.8 Å². The molecule has 0 saturated carbocycles. The molecule has 0 saturated heterocycles. The Hall–Kier alpha value is -1.75. The molecule has 3 N–H and O–H groups in total. The molecule has 0 aromatic heterocycles. The van der Waals surface area contributed by atoms with Crippen LogP contribution < -0.4 is 15.8 Å². The van der Waals surface area contributed by atoms with E-state index in [0.29, 0.717) is 22.7 Å². The van der Waals surface area contributed by atoms with Gasteiger partial charge in [0.25, 0.3) is 0 Å². The highest BCUT2D eigenvalue weighted by Gasteiger charge is 2.08. The number of nitrogens with one attached hydrogen (secondary N) is 1. The standard InChI is InChI=1S/C14H14BrFN2O/c1-8-5-12(11(17)7-10(8)16)18-13-6-9(15)3-4-14(13)19-2/h3-7,18H,17H2,1-2H3. The molecule has 5 heteroatoms. The number of nitrogens with two attached hydrogens (primary N) is 1. The Morgan fingerprint density at radius 3 is 2.63 bits per heavy atom. The Morgan fingerprint density at radius 2 is 1.95 bits per heavy atom. The Kier molecular flexibility index (Phi) is 3.95. The third-order valence-corrected chi connectivity index (χ3v) is 3.25. The van der Waals surface area contributed by atoms with Gasteiger partial charge in [-0.1, -0.05) is 15.9 Å². The molecular weight excluding hydrogens is 311 g/mol. The zero-order valence-corrected chi connectivity index (χ0v) is 12.2. The maximum absolute atomic E-state index is 13.4. The number of nitrogen functional groups attached to an aromatic ring is 1. The third kappa shape index (κ3) is 2.98. The molecule has 2 rings (SSSR count). The molecule has 0 fully saturated rings. The van der Waals surface area contributed by atoms with E-state index in [-0.39, 0.29) is 5.82 Å². The molecule has 0 aliphatic rings. The van der Waals surface area contributed by atoms with E-state index in [1.54, 1.807) is 20.1 Å². The lowest BCUT2D eigenvalue weighted by atomic mass is 10.1. The normalized spacial score (nSPS) is 10.3. The van der Waals surface area contributed by atoms with Gasteiger partial charge in [0.2, 0.25) is 0 Å². The van der Waals surface area contributed by atoms with Gasteiger partial charge in [0.15, 0.2) is 0 Å². The summed E-state index contributed by atoms with van der Waals surface area (Å²) in [7, 11) is 1.59. The van der Waals surface area contributed by atoms with Crippen LogP contribution in [0.5, 0.6) is 5.75 Å². The Bertz CT molecular complexity index is 617. The fourth-order valence-electron chi connectivity index (χ4n) is 1.73. The maximum Gasteiger partial charge on any atom is 0.142 e. The second-order valence-corrected chi connectivity index (χ2v) is 5.07. The molecule has 0 aliphatic heterocycles. The van der Waals surface area contributed by atoms with E-state index < -0.39 is 0 Å². The predicted molar refractivity (Wildman–Crippen MR) is 79.5 cm³/mol. The number of hydrogen-bond acceptors (Lipinski definition) is 3. The van der Waals surface area contributed by atoms with Crippen molar-refractivity contribution in [2.45, 2.75) is 6.92 Å². The first-order valence-corrected chi connectivity index (χ1v) is 6.46. The minimum Gasteiger partial charge on any atom is -0.495 e. The van der Waals surface area contributed by atoms with E-state index in [9.17, 15) is 4.39 Å². The average Bonchev–Trinajstić information content (AvgIpc) is 2.36. The molecule has 2 aromatic carbocycles. The van der Waals surface area contributed by atoms with E-state index in [0.717, 1.165) is 10.2 Å². The number of methoxy groups -OCH3 is 1. The van der Waals surface area contributed by atoms with Gasteiger partial charge in [-0.05, 0) is 42.8 Å². The molecule has 0 unspecified atom stereocenters. The topological polar surface area (TPSA) is 47.3 Å². The van der Waals surface area contributed by atoms with Gasteiger partial charge >= 0.3 is 0 Å². The minimum absolute atomic E-state index is 0.316. The quantitative estimate of drug-likeness (QED) is 0.830. The highest BCUT2D eigenvalue weighted by molar-refractivity contribution is 9.10. The molecule has 2 aromatic rings. The summed E-state index contributed by atoms with van der Waals surface area (Å²) in [5, 5.41) is 3.15. The van der Waals surface area contributed by atoms with Crippen molar-refractivity contribution in [1.29, 1.82) is 0 Å². The smallest absolute Gasteiger partial charge is 0.142 e. The first-order valence-electron chi connectivity index (χ1n) is 5.67. The predicted octanol–water partition coefficient (Wildman–Crippen LogP) is 4.23. The number of anilines is 3. The molecule has 0 aliphatic carbocycles. The molecular formula is C14H14BrFN2O. The summed E-state index contributed by atoms with van der Waals surface area (Å²) >= 11 is 3.40. The van der Waals surface area contributed by atoms with Crippen molar-refractivity contribution in [3.63, 3.8) is 0 Å². The molecule has 0 amide bonds. The van der Waals surface area contributed by atoms with Crippen LogP contribution in [0.3, 0.4) is 0 Å². The van der Waals surface area contributed by atoms with Crippen molar-refractivity contribution in [3.8, 4) is 5.75 Å². The van der Waals surface area contributed by atoms with Crippen LogP contribution in [0.1, 0.15) is 5.56 Å². The lowest BCUT2D eigenvalue weighted by molar-refractivity contribution is 0.417. The van der Waals surface area contributed by atoms with E-state index >= 15 is 0 Å². The maximum atomic E-state index is 13.4. The number of hydrogen-bond donors (Lipinski definition) is 2. The van der Waals surface area contributed by atoms with Crippen molar-refractivity contribution in [3.05, 3.63) is 46.2 Å². The number of ether oxygens (including phenoxy) is 1. The SMILES string of the molecule is COc1ccc(Br)cc1Nc1cc(C)c(F)cc1N. The van der Waals surface area contributed by atoms with Crippen LogP contribution in [0, 0.1) is 12.7 Å². The Morgan fingerprint density at radius 1 is 1.21 bits per heavy atom. The molecule has 0 radical (unpaired) electrons. The largest absolute Gasteiger partial charge is 0.495 e. The Labute approximate surface area is 119 Å². The van der Waals surface area contributed by atoms with Crippen molar-refractivity contribution < 1.29 is 9.13 Å². The van der Waals surface area contributed by atoms with Crippen LogP contribution in [0.4, 0.5) is 21.5 Å². The summed E-state index contributed by atoms with van der Waals surface area (Å²) in [5.74, 6) is 0.369. The Balaban J connectivity index is 2.41. The monoisotopic (exact) mass is 324 g/mol. The van der Waals surface area contributed by atoms with Crippen LogP contribution in [-0.4, -0.2) is 7.11 Å². The summed E-state index contributed by atoms with van der Waals surface area (Å²) in [5.41, 5.74) is 8.10. The van der Waals surface area contributed by atoms with Gasteiger partial charge in [-0.2, -0.15) is 0 Å². The first kappa shape index (κ1) is 13.7. The summed E-state index contributed by atoms with van der Waals surface area (Å²) in [4.78, 5) is 0. The van der Waals surface area contributed by atoms with E-state index in [2.05, 4.69) is 21.2 Å². The first-order chi connectivity index (χ1) is 9.01. The summed E-state index contributed by atoms with van der Waals surface area (Å²) in [6.07, 6.45) is 0. The van der Waals surface area contributed by atoms with Gasteiger partial charge in [-0.15, -0.1) is 0 Å². The van der Waals surface area contributed by atoms with Gasteiger partial charge in [0.05, 0.1) is 24.2 Å². The average molecular weight is 325 g/mol. The number of benzene rings is 2. The van der Waals surface area contributed by atoms with Gasteiger partial charge in [-0.25, -0.2) is 4.39 Å². The third-order valence-electron chi connectivity index (χ3n) is 2.76. The van der Waals surface area contributed by atoms with Crippen molar-refractivity contribution in [2.75, 3.05) is 18.2 Å². The van der Waals surface area contributed by atoms with Crippen LogP contribution in [0.2, 0.25) is 0 Å². The number of aryl methyl sites for hydroxylation is 1. The molecule has 0 heterocycles. The number of rotatable bonds is 3. The van der Waals surface area contributed by atoms with Crippen molar-refractivity contribution >= 4 is 33.0 Å². The zero-order chi connectivity index (χ0) is 14.0. The van der Waals surface area contributed by atoms with E-state index in [1.807, 2.05) is 18.2 Å². The molecule has 3 nitrogen and oxygen atoms in total. The lowest BCUT2D eigenvalue weighted by Gasteiger charge is -2.14. The van der Waals surface area contributed by atoms with E-state index in [1.165, 1.54) is 6.07 Å². The highest BCUT2D eigenvalue weighted by Crippen LogP contribution is 2.33. The fourth-order valence-corrected chi connectivity index (χ4v) is 2.09. The van der Waals surface area contributed by atoms with Crippen LogP contribution in [-0.2, 0) is 0 Å². The van der Waals surface area contributed by atoms with Crippen LogP contribution >= 0.6 is 15.9 Å². The van der Waals surface area contributed by atoms with Crippen molar-refractivity contribution in [2.24, 2.45) is 0 Å². The summed E-state index contributed by atoms with van der Waals surface area (Å²) < 4.78 is 19.5. The van der Waals surface area contributed by atoms with Gasteiger partial charge in [0.1, 0.15) is 11.6 Å². The molecule has 0 bridgehead atoms. The van der Waals surface area contributed by atoms with Gasteiger partial charge in [-0.3, -0.25) is 0 Å². The van der Waals surface area contributed by atoms with Gasteiger partial charge in [0, 0.05) is 4.47 Å². The highest BCUT2D eigenvalue weighted by atomic mass is 79.9. The van der Waals surface area contributed by atoms with Crippen molar-refractivity contribution in [1.82, 2.24) is 0 Å². The minimum atomic E-state index is -0.316. The molecule has 0 atom stereocenters. The second kappa shape index (κ2) is 5.48. The fraction of sp³-hybridized carbons (Fsp3) is 0.143. The molecule has 0 spiro atoms. The summed E-state index contributed by atoms with van der Waals surface area (Å²) in [6.45, 7) is 1.69. The van der Waals surface area contributed by atoms with E-state index in [4.69, 9.17) is 10.5 Å².